The summed E-state index contributed by atoms with van der Waals surface area (Å²) < 4.78 is 41.3. The molecule has 0 heterocycles. The maximum absolute atomic E-state index is 12.3. The van der Waals surface area contributed by atoms with E-state index < -0.39 is 34.5 Å². The molecule has 0 saturated heterocycles. The van der Waals surface area contributed by atoms with Crippen molar-refractivity contribution in [3.8, 4) is 5.75 Å². The lowest BCUT2D eigenvalue weighted by atomic mass is 10.1. The maximum atomic E-state index is 12.3. The fourth-order valence-electron chi connectivity index (χ4n) is 2.55. The average molecular weight is 464 g/mol. The molecule has 0 aliphatic carbocycles. The number of carbonyl (C=O) groups excluding carboxylic acids is 3. The summed E-state index contributed by atoms with van der Waals surface area (Å²) in [7, 11) is -1.22. The number of sulfonamides is 1. The number of nitrogens with one attached hydrogen (secondary N) is 2. The van der Waals surface area contributed by atoms with E-state index in [1.54, 1.807) is 0 Å². The fraction of sp³-hybridized carbons (Fsp3) is 0.286. The lowest BCUT2D eigenvalue weighted by Gasteiger charge is -2.11. The zero-order valence-electron chi connectivity index (χ0n) is 17.8. The monoisotopic (exact) mass is 464 g/mol. The molecule has 2 aromatic rings. The van der Waals surface area contributed by atoms with E-state index in [2.05, 4.69) is 19.5 Å². The Hall–Kier alpha value is -3.44. The van der Waals surface area contributed by atoms with Crippen LogP contribution >= 0.6 is 0 Å². The molecule has 0 atom stereocenters. The molecule has 11 heteroatoms. The van der Waals surface area contributed by atoms with Crippen molar-refractivity contribution in [2.45, 2.75) is 18.2 Å². The molecule has 0 radical (unpaired) electrons. The number of hydrogen-bond acceptors (Lipinski definition) is 8. The van der Waals surface area contributed by atoms with E-state index in [0.717, 1.165) is 0 Å². The van der Waals surface area contributed by atoms with Gasteiger partial charge in [-0.1, -0.05) is 6.92 Å². The SMILES string of the molecule is CCCNS(=O)(=O)c1ccc(OCC(=O)Nc2cc(C(=O)OC)cc(C(=O)OC)c2)cc1. The highest BCUT2D eigenvalue weighted by Crippen LogP contribution is 2.18. The van der Waals surface area contributed by atoms with Crippen molar-refractivity contribution in [2.75, 3.05) is 32.7 Å². The van der Waals surface area contributed by atoms with Crippen molar-refractivity contribution in [1.82, 2.24) is 4.72 Å². The first kappa shape index (κ1) is 24.8. The molecule has 2 N–H and O–H groups in total. The first-order valence-corrected chi connectivity index (χ1v) is 11.0. The molecule has 32 heavy (non-hydrogen) atoms. The molecule has 0 saturated carbocycles. The fourth-order valence-corrected chi connectivity index (χ4v) is 3.69. The lowest BCUT2D eigenvalue weighted by Crippen LogP contribution is -2.24. The van der Waals surface area contributed by atoms with Crippen molar-refractivity contribution in [1.29, 1.82) is 0 Å². The Bertz CT molecular complexity index is 1050. The van der Waals surface area contributed by atoms with Crippen LogP contribution in [-0.2, 0) is 24.3 Å². The number of anilines is 1. The second-order valence-electron chi connectivity index (χ2n) is 6.49. The van der Waals surface area contributed by atoms with Gasteiger partial charge in [0.25, 0.3) is 5.91 Å². The van der Waals surface area contributed by atoms with E-state index >= 15 is 0 Å². The second kappa shape index (κ2) is 11.3. The van der Waals surface area contributed by atoms with Crippen LogP contribution in [0.4, 0.5) is 5.69 Å². The molecule has 2 rings (SSSR count). The summed E-state index contributed by atoms with van der Waals surface area (Å²) >= 11 is 0. The van der Waals surface area contributed by atoms with Crippen molar-refractivity contribution < 1.29 is 37.0 Å². The predicted molar refractivity (Wildman–Crippen MR) is 115 cm³/mol. The zero-order chi connectivity index (χ0) is 23.7. The van der Waals surface area contributed by atoms with Gasteiger partial charge in [-0.25, -0.2) is 22.7 Å². The molecule has 0 aliphatic heterocycles. The van der Waals surface area contributed by atoms with E-state index in [1.165, 1.54) is 56.7 Å². The van der Waals surface area contributed by atoms with Gasteiger partial charge in [-0.05, 0) is 48.9 Å². The van der Waals surface area contributed by atoms with Gasteiger partial charge in [-0.15, -0.1) is 0 Å². The number of rotatable bonds is 10. The van der Waals surface area contributed by atoms with E-state index in [4.69, 9.17) is 4.74 Å². The van der Waals surface area contributed by atoms with Crippen LogP contribution in [0.1, 0.15) is 34.1 Å². The highest BCUT2D eigenvalue weighted by Gasteiger charge is 2.16. The summed E-state index contributed by atoms with van der Waals surface area (Å²) in [6, 6.07) is 9.58. The number of benzene rings is 2. The van der Waals surface area contributed by atoms with Crippen LogP contribution in [0.25, 0.3) is 0 Å². The zero-order valence-corrected chi connectivity index (χ0v) is 18.7. The summed E-state index contributed by atoms with van der Waals surface area (Å²) in [6.07, 6.45) is 0.666. The number of carbonyl (C=O) groups is 3. The minimum atomic E-state index is -3.60. The highest BCUT2D eigenvalue weighted by molar-refractivity contribution is 7.89. The number of methoxy groups -OCH3 is 2. The van der Waals surface area contributed by atoms with E-state index in [-0.39, 0.29) is 27.5 Å². The molecule has 0 aliphatic rings. The molecule has 0 aromatic heterocycles. The Morgan fingerprint density at radius 2 is 1.47 bits per heavy atom. The number of amides is 1. The van der Waals surface area contributed by atoms with Gasteiger partial charge in [-0.2, -0.15) is 0 Å². The summed E-state index contributed by atoms with van der Waals surface area (Å²) in [5.74, 6) is -1.66. The van der Waals surface area contributed by atoms with E-state index in [9.17, 15) is 22.8 Å². The molecule has 0 fully saturated rings. The van der Waals surface area contributed by atoms with Crippen molar-refractivity contribution >= 4 is 33.6 Å². The van der Waals surface area contributed by atoms with Crippen LogP contribution in [0, 0.1) is 0 Å². The molecule has 0 unspecified atom stereocenters. The minimum Gasteiger partial charge on any atom is -0.484 e. The molecular weight excluding hydrogens is 440 g/mol. The number of hydrogen-bond donors (Lipinski definition) is 2. The molecule has 0 bridgehead atoms. The first-order chi connectivity index (χ1) is 15.2. The average Bonchev–Trinajstić information content (AvgIpc) is 2.80. The standard InChI is InChI=1S/C21H24N2O8S/c1-4-9-22-32(27,28)18-7-5-17(6-8-18)31-13-19(24)23-16-11-14(20(25)29-2)10-15(12-16)21(26)30-3/h5-8,10-12,22H,4,9,13H2,1-3H3,(H,23,24). The third-order valence-electron chi connectivity index (χ3n) is 4.11. The predicted octanol–water partition coefficient (Wildman–Crippen LogP) is 1.97. The molecule has 172 valence electrons. The molecule has 0 spiro atoms. The highest BCUT2D eigenvalue weighted by atomic mass is 32.2. The van der Waals surface area contributed by atoms with Crippen LogP contribution < -0.4 is 14.8 Å². The summed E-state index contributed by atoms with van der Waals surface area (Å²) in [5.41, 5.74) is 0.283. The number of ether oxygens (including phenoxy) is 3. The molecular formula is C21H24N2O8S. The molecule has 2 aromatic carbocycles. The van der Waals surface area contributed by atoms with Crippen LogP contribution in [0.5, 0.6) is 5.75 Å². The van der Waals surface area contributed by atoms with Gasteiger partial charge in [-0.3, -0.25) is 4.79 Å². The van der Waals surface area contributed by atoms with E-state index in [0.29, 0.717) is 13.0 Å². The Labute approximate surface area is 185 Å². The summed E-state index contributed by atoms with van der Waals surface area (Å²) in [4.78, 5) is 36.0. The van der Waals surface area contributed by atoms with Gasteiger partial charge in [0.2, 0.25) is 10.0 Å². The van der Waals surface area contributed by atoms with E-state index in [1.807, 2.05) is 6.92 Å². The van der Waals surface area contributed by atoms with Crippen LogP contribution in [0.15, 0.2) is 47.4 Å². The van der Waals surface area contributed by atoms with Crippen LogP contribution in [-0.4, -0.2) is 53.6 Å². The Kier molecular flexibility index (Phi) is 8.73. The molecule has 1 amide bonds. The molecule has 10 nitrogen and oxygen atoms in total. The normalized spacial score (nSPS) is 10.8. The van der Waals surface area contributed by atoms with Gasteiger partial charge in [0.05, 0.1) is 30.2 Å². The Balaban J connectivity index is 2.05. The topological polar surface area (TPSA) is 137 Å². The number of esters is 2. The maximum Gasteiger partial charge on any atom is 0.337 e. The van der Waals surface area contributed by atoms with Gasteiger partial charge in [0, 0.05) is 12.2 Å². The van der Waals surface area contributed by atoms with Crippen molar-refractivity contribution in [3.05, 3.63) is 53.6 Å². The largest absolute Gasteiger partial charge is 0.484 e. The summed E-state index contributed by atoms with van der Waals surface area (Å²) in [5, 5.41) is 2.52. The first-order valence-electron chi connectivity index (χ1n) is 9.54. The Morgan fingerprint density at radius 3 is 1.97 bits per heavy atom. The van der Waals surface area contributed by atoms with Gasteiger partial charge in [0.15, 0.2) is 6.61 Å². The smallest absolute Gasteiger partial charge is 0.337 e. The summed E-state index contributed by atoms with van der Waals surface area (Å²) in [6.45, 7) is 1.79. The van der Waals surface area contributed by atoms with Crippen molar-refractivity contribution in [3.63, 3.8) is 0 Å². The third-order valence-corrected chi connectivity index (χ3v) is 5.58. The van der Waals surface area contributed by atoms with Crippen molar-refractivity contribution in [2.24, 2.45) is 0 Å². The second-order valence-corrected chi connectivity index (χ2v) is 8.26. The Morgan fingerprint density at radius 1 is 0.906 bits per heavy atom. The minimum absolute atomic E-state index is 0.0556. The van der Waals surface area contributed by atoms with Gasteiger partial charge < -0.3 is 19.5 Å². The van der Waals surface area contributed by atoms with Gasteiger partial charge >= 0.3 is 11.9 Å². The lowest BCUT2D eigenvalue weighted by molar-refractivity contribution is -0.118. The van der Waals surface area contributed by atoms with Crippen LogP contribution in [0.3, 0.4) is 0 Å². The van der Waals surface area contributed by atoms with Crippen LogP contribution in [0.2, 0.25) is 0 Å². The third kappa shape index (κ3) is 6.79. The quantitative estimate of drug-likeness (QED) is 0.509. The van der Waals surface area contributed by atoms with Gasteiger partial charge in [0.1, 0.15) is 5.75 Å².